The Morgan fingerprint density at radius 1 is 1.13 bits per heavy atom. The largest absolute Gasteiger partial charge is 0.465 e. The third kappa shape index (κ3) is 5.43. The minimum absolute atomic E-state index is 0.0469. The summed E-state index contributed by atoms with van der Waals surface area (Å²) in [5.41, 5.74) is 2.16. The van der Waals surface area contributed by atoms with Gasteiger partial charge in [-0.25, -0.2) is 4.79 Å². The number of carbonyl (C=O) groups excluding carboxylic acids is 2. The number of benzene rings is 1. The first-order valence-electron chi connectivity index (χ1n) is 7.28. The van der Waals surface area contributed by atoms with Crippen LogP contribution in [-0.2, 0) is 16.1 Å². The van der Waals surface area contributed by atoms with Gasteiger partial charge >= 0.3 is 5.97 Å². The zero-order valence-corrected chi connectivity index (χ0v) is 12.9. The Morgan fingerprint density at radius 3 is 2.57 bits per heavy atom. The molecule has 2 aromatic rings. The number of methoxy groups -OCH3 is 1. The number of hydrogen-bond acceptors (Lipinski definition) is 5. The lowest BCUT2D eigenvalue weighted by molar-refractivity contribution is -0.121. The Morgan fingerprint density at radius 2 is 1.91 bits per heavy atom. The van der Waals surface area contributed by atoms with Gasteiger partial charge in [0, 0.05) is 24.8 Å². The summed E-state index contributed by atoms with van der Waals surface area (Å²) in [7, 11) is 1.35. The van der Waals surface area contributed by atoms with Crippen molar-refractivity contribution in [2.24, 2.45) is 0 Å². The van der Waals surface area contributed by atoms with Crippen molar-refractivity contribution >= 4 is 17.6 Å². The zero-order valence-electron chi connectivity index (χ0n) is 12.9. The first-order valence-corrected chi connectivity index (χ1v) is 7.28. The summed E-state index contributed by atoms with van der Waals surface area (Å²) in [5, 5.41) is 5.94. The lowest BCUT2D eigenvalue weighted by atomic mass is 10.2. The van der Waals surface area contributed by atoms with E-state index in [4.69, 9.17) is 0 Å². The van der Waals surface area contributed by atoms with Crippen LogP contribution in [0.1, 0.15) is 22.5 Å². The van der Waals surface area contributed by atoms with E-state index in [-0.39, 0.29) is 11.9 Å². The van der Waals surface area contributed by atoms with E-state index >= 15 is 0 Å². The number of ether oxygens (including phenoxy) is 1. The second kappa shape index (κ2) is 8.53. The number of carbonyl (C=O) groups is 2. The number of amides is 1. The van der Waals surface area contributed by atoms with Gasteiger partial charge in [0.2, 0.25) is 5.91 Å². The molecule has 0 unspecified atom stereocenters. The van der Waals surface area contributed by atoms with Crippen molar-refractivity contribution in [1.29, 1.82) is 0 Å². The summed E-state index contributed by atoms with van der Waals surface area (Å²) in [5.74, 6) is -0.417. The van der Waals surface area contributed by atoms with Crippen molar-refractivity contribution in [1.82, 2.24) is 10.3 Å². The molecule has 2 rings (SSSR count). The summed E-state index contributed by atoms with van der Waals surface area (Å²) in [4.78, 5) is 27.2. The van der Waals surface area contributed by atoms with E-state index in [2.05, 4.69) is 20.4 Å². The van der Waals surface area contributed by atoms with Crippen molar-refractivity contribution in [3.8, 4) is 0 Å². The van der Waals surface area contributed by atoms with E-state index in [0.717, 1.165) is 11.4 Å². The third-order valence-corrected chi connectivity index (χ3v) is 3.18. The Balaban J connectivity index is 1.70. The molecular formula is C17H19N3O3. The summed E-state index contributed by atoms with van der Waals surface area (Å²) < 4.78 is 4.63. The van der Waals surface area contributed by atoms with Crippen LogP contribution in [0, 0.1) is 0 Å². The molecule has 0 saturated heterocycles. The molecule has 1 amide bonds. The minimum atomic E-state index is -0.370. The first-order chi connectivity index (χ1) is 11.2. The van der Waals surface area contributed by atoms with E-state index in [1.807, 2.05) is 18.2 Å². The summed E-state index contributed by atoms with van der Waals surface area (Å²) in [6.07, 6.45) is 2.05. The summed E-state index contributed by atoms with van der Waals surface area (Å²) in [6.45, 7) is 0.930. The zero-order chi connectivity index (χ0) is 16.5. The molecule has 2 N–H and O–H groups in total. The molecule has 0 spiro atoms. The van der Waals surface area contributed by atoms with Gasteiger partial charge in [0.05, 0.1) is 24.9 Å². The Hall–Kier alpha value is -2.89. The molecule has 0 saturated carbocycles. The van der Waals surface area contributed by atoms with Crippen LogP contribution in [0.4, 0.5) is 5.69 Å². The van der Waals surface area contributed by atoms with Crippen LogP contribution in [0.2, 0.25) is 0 Å². The lowest BCUT2D eigenvalue weighted by Gasteiger charge is -2.08. The Bertz CT molecular complexity index is 642. The Kier molecular flexibility index (Phi) is 6.11. The molecule has 0 aliphatic heterocycles. The van der Waals surface area contributed by atoms with Crippen molar-refractivity contribution in [3.63, 3.8) is 0 Å². The fourth-order valence-electron chi connectivity index (χ4n) is 1.94. The lowest BCUT2D eigenvalue weighted by Crippen LogP contribution is -2.25. The summed E-state index contributed by atoms with van der Waals surface area (Å²) in [6, 6.07) is 12.5. The molecule has 1 aromatic heterocycles. The molecule has 0 aliphatic carbocycles. The molecule has 0 aliphatic rings. The van der Waals surface area contributed by atoms with Crippen molar-refractivity contribution in [2.45, 2.75) is 13.0 Å². The van der Waals surface area contributed by atoms with Gasteiger partial charge < -0.3 is 15.4 Å². The molecule has 1 aromatic carbocycles. The maximum atomic E-state index is 11.7. The standard InChI is InChI=1S/C17H19N3O3/c1-23-17(22)13-5-7-14(8-6-13)19-11-9-16(21)20-12-15-4-2-3-10-18-15/h2-8,10,19H,9,11-12H2,1H3,(H,20,21). The molecule has 6 nitrogen and oxygen atoms in total. The van der Waals surface area contributed by atoms with Gasteiger partial charge in [-0.05, 0) is 36.4 Å². The predicted molar refractivity (Wildman–Crippen MR) is 87.0 cm³/mol. The fraction of sp³-hybridized carbons (Fsp3) is 0.235. The average molecular weight is 313 g/mol. The quantitative estimate of drug-likeness (QED) is 0.764. The highest BCUT2D eigenvalue weighted by molar-refractivity contribution is 5.89. The fourth-order valence-corrected chi connectivity index (χ4v) is 1.94. The number of hydrogen-bond donors (Lipinski definition) is 2. The second-order valence-corrected chi connectivity index (χ2v) is 4.84. The molecule has 120 valence electrons. The highest BCUT2D eigenvalue weighted by atomic mass is 16.5. The van der Waals surface area contributed by atoms with Crippen LogP contribution in [-0.4, -0.2) is 30.5 Å². The first kappa shape index (κ1) is 16.5. The third-order valence-electron chi connectivity index (χ3n) is 3.18. The highest BCUT2D eigenvalue weighted by Crippen LogP contribution is 2.10. The van der Waals surface area contributed by atoms with Crippen molar-refractivity contribution in [2.75, 3.05) is 19.0 Å². The van der Waals surface area contributed by atoms with E-state index < -0.39 is 0 Å². The van der Waals surface area contributed by atoms with E-state index in [1.165, 1.54) is 7.11 Å². The van der Waals surface area contributed by atoms with Crippen molar-refractivity contribution in [3.05, 3.63) is 59.9 Å². The van der Waals surface area contributed by atoms with E-state index in [9.17, 15) is 9.59 Å². The second-order valence-electron chi connectivity index (χ2n) is 4.84. The van der Waals surface area contributed by atoms with Crippen LogP contribution in [0.25, 0.3) is 0 Å². The number of nitrogens with zero attached hydrogens (tertiary/aromatic N) is 1. The van der Waals surface area contributed by atoms with Gasteiger partial charge in [0.1, 0.15) is 0 Å². The molecule has 0 fully saturated rings. The molecule has 0 radical (unpaired) electrons. The molecule has 0 bridgehead atoms. The van der Waals surface area contributed by atoms with Crippen LogP contribution in [0.5, 0.6) is 0 Å². The van der Waals surface area contributed by atoms with E-state index in [0.29, 0.717) is 25.1 Å². The van der Waals surface area contributed by atoms with Gasteiger partial charge in [-0.1, -0.05) is 6.07 Å². The van der Waals surface area contributed by atoms with Crippen LogP contribution in [0.15, 0.2) is 48.7 Å². The maximum absolute atomic E-state index is 11.7. The normalized spacial score (nSPS) is 9.96. The van der Waals surface area contributed by atoms with Gasteiger partial charge in [-0.2, -0.15) is 0 Å². The summed E-state index contributed by atoms with van der Waals surface area (Å²) >= 11 is 0. The minimum Gasteiger partial charge on any atom is -0.465 e. The molecule has 1 heterocycles. The molecular weight excluding hydrogens is 294 g/mol. The SMILES string of the molecule is COC(=O)c1ccc(NCCC(=O)NCc2ccccn2)cc1. The maximum Gasteiger partial charge on any atom is 0.337 e. The van der Waals surface area contributed by atoms with Crippen LogP contribution < -0.4 is 10.6 Å². The monoisotopic (exact) mass is 313 g/mol. The van der Waals surface area contributed by atoms with Crippen molar-refractivity contribution < 1.29 is 14.3 Å². The van der Waals surface area contributed by atoms with Gasteiger partial charge in [0.25, 0.3) is 0 Å². The predicted octanol–water partition coefficient (Wildman–Crippen LogP) is 1.99. The van der Waals surface area contributed by atoms with Gasteiger partial charge in [0.15, 0.2) is 0 Å². The average Bonchev–Trinajstić information content (AvgIpc) is 2.61. The number of pyridine rings is 1. The molecule has 0 atom stereocenters. The molecule has 23 heavy (non-hydrogen) atoms. The topological polar surface area (TPSA) is 80.3 Å². The highest BCUT2D eigenvalue weighted by Gasteiger charge is 2.05. The van der Waals surface area contributed by atoms with Crippen LogP contribution >= 0.6 is 0 Å². The van der Waals surface area contributed by atoms with Gasteiger partial charge in [-0.3, -0.25) is 9.78 Å². The number of anilines is 1. The Labute approximate surface area is 134 Å². The van der Waals surface area contributed by atoms with Crippen LogP contribution in [0.3, 0.4) is 0 Å². The van der Waals surface area contributed by atoms with E-state index in [1.54, 1.807) is 30.5 Å². The number of nitrogens with one attached hydrogen (secondary N) is 2. The van der Waals surface area contributed by atoms with Gasteiger partial charge in [-0.15, -0.1) is 0 Å². The number of aromatic nitrogens is 1. The number of rotatable bonds is 7. The molecule has 6 heteroatoms. The smallest absolute Gasteiger partial charge is 0.337 e. The number of esters is 1.